The topological polar surface area (TPSA) is 71.5 Å². The summed E-state index contributed by atoms with van der Waals surface area (Å²) >= 11 is 0. The Bertz CT molecular complexity index is 1090. The minimum atomic E-state index is -0.398. The Hall–Kier alpha value is -3.67. The van der Waals surface area contributed by atoms with Gasteiger partial charge in [-0.2, -0.15) is 0 Å². The molecular formula is C23H21N3O3. The summed E-state index contributed by atoms with van der Waals surface area (Å²) in [5.41, 5.74) is 4.23. The van der Waals surface area contributed by atoms with Crippen LogP contribution < -0.4 is 15.0 Å². The molecule has 0 unspecified atom stereocenters. The lowest BCUT2D eigenvalue weighted by molar-refractivity contribution is 0.0989. The summed E-state index contributed by atoms with van der Waals surface area (Å²) in [5, 5.41) is 2.82. The quantitative estimate of drug-likeness (QED) is 0.738. The Morgan fingerprint density at radius 3 is 2.76 bits per heavy atom. The van der Waals surface area contributed by atoms with Crippen molar-refractivity contribution in [1.29, 1.82) is 0 Å². The van der Waals surface area contributed by atoms with E-state index in [0.717, 1.165) is 23.2 Å². The molecule has 2 amide bonds. The number of hydrogen-bond acceptors (Lipinski definition) is 4. The van der Waals surface area contributed by atoms with Gasteiger partial charge in [-0.1, -0.05) is 24.3 Å². The van der Waals surface area contributed by atoms with E-state index in [4.69, 9.17) is 4.74 Å². The number of para-hydroxylation sites is 1. The smallest absolute Gasteiger partial charge is 0.274 e. The molecule has 0 fully saturated rings. The number of fused-ring (bicyclic) bond motifs is 1. The van der Waals surface area contributed by atoms with Crippen molar-refractivity contribution < 1.29 is 14.3 Å². The number of rotatable bonds is 4. The Morgan fingerprint density at radius 2 is 1.93 bits per heavy atom. The lowest BCUT2D eigenvalue weighted by atomic mass is 10.1. The van der Waals surface area contributed by atoms with Crippen LogP contribution in [0.4, 0.5) is 11.4 Å². The van der Waals surface area contributed by atoms with Crippen molar-refractivity contribution in [3.05, 3.63) is 83.2 Å². The van der Waals surface area contributed by atoms with Gasteiger partial charge in [-0.05, 0) is 54.8 Å². The van der Waals surface area contributed by atoms with Crippen LogP contribution in [0.2, 0.25) is 0 Å². The fourth-order valence-electron chi connectivity index (χ4n) is 3.50. The second-order valence-corrected chi connectivity index (χ2v) is 6.92. The van der Waals surface area contributed by atoms with Gasteiger partial charge in [0.15, 0.2) is 0 Å². The highest BCUT2D eigenvalue weighted by atomic mass is 16.5. The van der Waals surface area contributed by atoms with Crippen LogP contribution in [0.1, 0.15) is 32.0 Å². The van der Waals surface area contributed by atoms with Gasteiger partial charge in [0.2, 0.25) is 0 Å². The van der Waals surface area contributed by atoms with Gasteiger partial charge in [0.25, 0.3) is 11.8 Å². The van der Waals surface area contributed by atoms with Gasteiger partial charge in [-0.3, -0.25) is 14.6 Å². The van der Waals surface area contributed by atoms with Crippen LogP contribution in [-0.2, 0) is 6.42 Å². The molecule has 1 aliphatic heterocycles. The average molecular weight is 387 g/mol. The molecule has 146 valence electrons. The Kier molecular flexibility index (Phi) is 4.99. The summed E-state index contributed by atoms with van der Waals surface area (Å²) in [4.78, 5) is 31.7. The van der Waals surface area contributed by atoms with E-state index in [1.165, 1.54) is 12.3 Å². The van der Waals surface area contributed by atoms with Gasteiger partial charge < -0.3 is 15.0 Å². The van der Waals surface area contributed by atoms with Gasteiger partial charge in [-0.15, -0.1) is 0 Å². The van der Waals surface area contributed by atoms with Gasteiger partial charge >= 0.3 is 0 Å². The maximum absolute atomic E-state index is 13.0. The van der Waals surface area contributed by atoms with E-state index < -0.39 is 5.91 Å². The van der Waals surface area contributed by atoms with Crippen molar-refractivity contribution in [2.75, 3.05) is 23.9 Å². The predicted octanol–water partition coefficient (Wildman–Crippen LogP) is 3.85. The van der Waals surface area contributed by atoms with E-state index in [1.807, 2.05) is 43.3 Å². The number of hydrogen-bond donors (Lipinski definition) is 1. The van der Waals surface area contributed by atoms with E-state index in [2.05, 4.69) is 10.3 Å². The molecule has 4 rings (SSSR count). The Balaban J connectivity index is 1.57. The molecule has 6 nitrogen and oxygen atoms in total. The highest BCUT2D eigenvalue weighted by molar-refractivity contribution is 6.09. The standard InChI is InChI=1S/C23H21N3O3/c1-15-7-8-21(29-2)18(13-15)25-22(27)19-14-17(9-11-24-19)23(28)26-12-10-16-5-3-4-6-20(16)26/h3-9,11,13-14H,10,12H2,1-2H3,(H,25,27). The van der Waals surface area contributed by atoms with E-state index in [9.17, 15) is 9.59 Å². The molecule has 1 aliphatic rings. The number of carbonyl (C=O) groups is 2. The maximum atomic E-state index is 13.0. The highest BCUT2D eigenvalue weighted by Gasteiger charge is 2.25. The molecule has 2 heterocycles. The highest BCUT2D eigenvalue weighted by Crippen LogP contribution is 2.29. The fourth-order valence-corrected chi connectivity index (χ4v) is 3.50. The number of aromatic nitrogens is 1. The van der Waals surface area contributed by atoms with E-state index in [-0.39, 0.29) is 11.6 Å². The number of amides is 2. The zero-order chi connectivity index (χ0) is 20.4. The van der Waals surface area contributed by atoms with Crippen LogP contribution in [0.25, 0.3) is 0 Å². The molecule has 6 heteroatoms. The van der Waals surface area contributed by atoms with Crippen molar-refractivity contribution in [2.24, 2.45) is 0 Å². The number of anilines is 2. The van der Waals surface area contributed by atoms with Crippen molar-refractivity contribution in [3.8, 4) is 5.75 Å². The Labute approximate surface area is 169 Å². The monoisotopic (exact) mass is 387 g/mol. The summed E-state index contributed by atoms with van der Waals surface area (Å²) in [6.07, 6.45) is 2.31. The van der Waals surface area contributed by atoms with Crippen LogP contribution in [0.5, 0.6) is 5.75 Å². The maximum Gasteiger partial charge on any atom is 0.274 e. The molecule has 0 atom stereocenters. The second-order valence-electron chi connectivity index (χ2n) is 6.92. The molecule has 0 radical (unpaired) electrons. The first kappa shape index (κ1) is 18.7. The minimum Gasteiger partial charge on any atom is -0.495 e. The lowest BCUT2D eigenvalue weighted by Crippen LogP contribution is -2.29. The molecule has 1 N–H and O–H groups in total. The van der Waals surface area contributed by atoms with Gasteiger partial charge in [0.1, 0.15) is 11.4 Å². The van der Waals surface area contributed by atoms with Crippen LogP contribution in [0.15, 0.2) is 60.8 Å². The van der Waals surface area contributed by atoms with Crippen molar-refractivity contribution in [1.82, 2.24) is 4.98 Å². The third-order valence-electron chi connectivity index (χ3n) is 4.98. The van der Waals surface area contributed by atoms with Gasteiger partial charge in [0, 0.05) is 24.0 Å². The van der Waals surface area contributed by atoms with Crippen LogP contribution >= 0.6 is 0 Å². The molecule has 3 aromatic rings. The molecule has 1 aromatic heterocycles. The number of ether oxygens (including phenoxy) is 1. The third kappa shape index (κ3) is 3.69. The number of methoxy groups -OCH3 is 1. The normalized spacial score (nSPS) is 12.4. The largest absolute Gasteiger partial charge is 0.495 e. The van der Waals surface area contributed by atoms with Crippen molar-refractivity contribution >= 4 is 23.2 Å². The Morgan fingerprint density at radius 1 is 1.10 bits per heavy atom. The first-order chi connectivity index (χ1) is 14.1. The van der Waals surface area contributed by atoms with Crippen molar-refractivity contribution in [3.63, 3.8) is 0 Å². The zero-order valence-electron chi connectivity index (χ0n) is 16.3. The molecule has 0 spiro atoms. The number of pyridine rings is 1. The van der Waals surface area contributed by atoms with Crippen LogP contribution in [0, 0.1) is 6.92 Å². The van der Waals surface area contributed by atoms with Crippen LogP contribution in [0.3, 0.4) is 0 Å². The SMILES string of the molecule is COc1ccc(C)cc1NC(=O)c1cc(C(=O)N2CCc3ccccc32)ccn1. The molecular weight excluding hydrogens is 366 g/mol. The second kappa shape index (κ2) is 7.75. The zero-order valence-corrected chi connectivity index (χ0v) is 16.3. The predicted molar refractivity (Wildman–Crippen MR) is 112 cm³/mol. The summed E-state index contributed by atoms with van der Waals surface area (Å²) < 4.78 is 5.30. The number of carbonyl (C=O) groups excluding carboxylic acids is 2. The minimum absolute atomic E-state index is 0.139. The number of nitrogens with one attached hydrogen (secondary N) is 1. The molecule has 0 aliphatic carbocycles. The summed E-state index contributed by atoms with van der Waals surface area (Å²) in [5.74, 6) is 0.0229. The summed E-state index contributed by atoms with van der Waals surface area (Å²) in [7, 11) is 1.55. The third-order valence-corrected chi connectivity index (χ3v) is 4.98. The lowest BCUT2D eigenvalue weighted by Gasteiger charge is -2.17. The first-order valence-corrected chi connectivity index (χ1v) is 9.38. The first-order valence-electron chi connectivity index (χ1n) is 9.38. The number of aryl methyl sites for hydroxylation is 1. The fraction of sp³-hybridized carbons (Fsp3) is 0.174. The van der Waals surface area contributed by atoms with E-state index in [0.29, 0.717) is 23.5 Å². The van der Waals surface area contributed by atoms with Crippen LogP contribution in [-0.4, -0.2) is 30.5 Å². The van der Waals surface area contributed by atoms with Gasteiger partial charge in [0.05, 0.1) is 12.8 Å². The molecule has 0 saturated heterocycles. The molecule has 29 heavy (non-hydrogen) atoms. The summed E-state index contributed by atoms with van der Waals surface area (Å²) in [6, 6.07) is 16.6. The van der Waals surface area contributed by atoms with Crippen molar-refractivity contribution in [2.45, 2.75) is 13.3 Å². The average Bonchev–Trinajstić information content (AvgIpc) is 3.17. The van der Waals surface area contributed by atoms with Gasteiger partial charge in [-0.25, -0.2) is 0 Å². The number of nitrogens with zero attached hydrogens (tertiary/aromatic N) is 2. The van der Waals surface area contributed by atoms with E-state index in [1.54, 1.807) is 24.1 Å². The number of benzene rings is 2. The molecule has 0 bridgehead atoms. The van der Waals surface area contributed by atoms with E-state index >= 15 is 0 Å². The summed E-state index contributed by atoms with van der Waals surface area (Å²) in [6.45, 7) is 2.56. The molecule has 2 aromatic carbocycles. The molecule has 0 saturated carbocycles.